The Balaban J connectivity index is 0. The Kier molecular flexibility index (Phi) is 8.83. The third kappa shape index (κ3) is 4.76. The molecule has 0 aromatic rings. The minimum absolute atomic E-state index is 0. The van der Waals surface area contributed by atoms with Crippen LogP contribution in [0, 0.1) is 0 Å². The molecule has 0 unspecified atom stereocenters. The maximum Gasteiger partial charge on any atom is 0.219 e. The van der Waals surface area contributed by atoms with Gasteiger partial charge >= 0.3 is 0 Å². The van der Waals surface area contributed by atoms with Gasteiger partial charge in [-0.05, 0) is 12.8 Å². The monoisotopic (exact) mass is 210 g/mol. The third-order valence-electron chi connectivity index (χ3n) is 1.40. The van der Waals surface area contributed by atoms with Gasteiger partial charge in [-0.25, -0.2) is 0 Å². The topological polar surface area (TPSA) is 64.1 Å². The summed E-state index contributed by atoms with van der Waals surface area (Å²) in [6, 6.07) is 0. The van der Waals surface area contributed by atoms with E-state index in [9.17, 15) is 4.79 Å². The van der Waals surface area contributed by atoms with Gasteiger partial charge in [-0.1, -0.05) is 6.42 Å². The second-order valence-electron chi connectivity index (χ2n) is 2.16. The summed E-state index contributed by atoms with van der Waals surface area (Å²) in [6.45, 7) is 0.888. The summed E-state index contributed by atoms with van der Waals surface area (Å²) in [7, 11) is 0. The van der Waals surface area contributed by atoms with Crippen LogP contribution in [-0.2, 0) is 4.79 Å². The Morgan fingerprint density at radius 3 is 2.60 bits per heavy atom. The molecule has 1 aliphatic heterocycles. The van der Waals surface area contributed by atoms with Crippen molar-refractivity contribution < 1.29 is 4.79 Å². The van der Waals surface area contributed by atoms with Crippen molar-refractivity contribution in [3.63, 3.8) is 0 Å². The van der Waals surface area contributed by atoms with Crippen LogP contribution in [0.5, 0.6) is 0 Å². The van der Waals surface area contributed by atoms with Gasteiger partial charge in [0.15, 0.2) is 0 Å². The van der Waals surface area contributed by atoms with Gasteiger partial charge in [0.05, 0.1) is 0 Å². The lowest BCUT2D eigenvalue weighted by Gasteiger charge is -1.93. The lowest BCUT2D eigenvalue weighted by molar-refractivity contribution is -0.120. The SMILES string of the molecule is Br.N.O=C1CCCCCN1. The van der Waals surface area contributed by atoms with Crippen molar-refractivity contribution >= 4 is 22.9 Å². The van der Waals surface area contributed by atoms with Gasteiger partial charge in [0.1, 0.15) is 0 Å². The van der Waals surface area contributed by atoms with Crippen LogP contribution >= 0.6 is 17.0 Å². The van der Waals surface area contributed by atoms with Crippen molar-refractivity contribution in [1.82, 2.24) is 11.5 Å². The first-order valence-corrected chi connectivity index (χ1v) is 3.16. The molecule has 62 valence electrons. The molecule has 0 spiro atoms. The average molecular weight is 211 g/mol. The number of amides is 1. The zero-order valence-electron chi connectivity index (χ0n) is 6.06. The Morgan fingerprint density at radius 1 is 1.20 bits per heavy atom. The van der Waals surface area contributed by atoms with E-state index in [1.165, 1.54) is 6.42 Å². The molecule has 0 atom stereocenters. The van der Waals surface area contributed by atoms with E-state index in [-0.39, 0.29) is 29.0 Å². The van der Waals surface area contributed by atoms with Crippen LogP contribution in [0.4, 0.5) is 0 Å². The summed E-state index contributed by atoms with van der Waals surface area (Å²) in [5, 5.41) is 2.81. The van der Waals surface area contributed by atoms with Crippen LogP contribution in [0.15, 0.2) is 0 Å². The van der Waals surface area contributed by atoms with Crippen LogP contribution < -0.4 is 11.5 Å². The van der Waals surface area contributed by atoms with Crippen molar-refractivity contribution in [1.29, 1.82) is 0 Å². The molecule has 1 rings (SSSR count). The van der Waals surface area contributed by atoms with Crippen LogP contribution in [0.1, 0.15) is 25.7 Å². The molecular weight excluding hydrogens is 196 g/mol. The molecule has 0 aromatic heterocycles. The molecule has 1 fully saturated rings. The van der Waals surface area contributed by atoms with E-state index in [1.54, 1.807) is 0 Å². The summed E-state index contributed by atoms with van der Waals surface area (Å²) < 4.78 is 0. The van der Waals surface area contributed by atoms with E-state index in [4.69, 9.17) is 0 Å². The van der Waals surface area contributed by atoms with E-state index >= 15 is 0 Å². The highest BCUT2D eigenvalue weighted by molar-refractivity contribution is 8.93. The second kappa shape index (κ2) is 7.02. The van der Waals surface area contributed by atoms with E-state index < -0.39 is 0 Å². The molecule has 1 heterocycles. The van der Waals surface area contributed by atoms with Gasteiger partial charge in [-0.2, -0.15) is 0 Å². The van der Waals surface area contributed by atoms with Crippen molar-refractivity contribution in [2.24, 2.45) is 0 Å². The number of carbonyl (C=O) groups excluding carboxylic acids is 1. The van der Waals surface area contributed by atoms with Crippen LogP contribution in [0.2, 0.25) is 0 Å². The first kappa shape index (κ1) is 12.6. The molecule has 0 aromatic carbocycles. The van der Waals surface area contributed by atoms with Gasteiger partial charge in [-0.3, -0.25) is 4.79 Å². The fourth-order valence-electron chi connectivity index (χ4n) is 0.904. The maximum absolute atomic E-state index is 10.6. The molecular formula is C6H15BrN2O. The second-order valence-corrected chi connectivity index (χ2v) is 2.16. The van der Waals surface area contributed by atoms with Gasteiger partial charge < -0.3 is 11.5 Å². The Hall–Kier alpha value is -0.0900. The molecule has 1 aliphatic rings. The van der Waals surface area contributed by atoms with Gasteiger partial charge in [0.2, 0.25) is 5.91 Å². The molecule has 3 nitrogen and oxygen atoms in total. The Bertz CT molecular complexity index is 87.7. The number of halogens is 1. The number of nitrogens with one attached hydrogen (secondary N) is 1. The molecule has 0 saturated carbocycles. The van der Waals surface area contributed by atoms with E-state index in [2.05, 4.69) is 5.32 Å². The van der Waals surface area contributed by atoms with Crippen molar-refractivity contribution in [2.45, 2.75) is 25.7 Å². The minimum atomic E-state index is 0. The lowest BCUT2D eigenvalue weighted by Crippen LogP contribution is -2.21. The maximum atomic E-state index is 10.6. The van der Waals surface area contributed by atoms with Crippen molar-refractivity contribution in [2.75, 3.05) is 6.54 Å². The summed E-state index contributed by atoms with van der Waals surface area (Å²) in [5.41, 5.74) is 0. The standard InChI is InChI=1S/C6H11NO.BrH.H3N/c8-6-4-2-1-3-5-7-6;;/h1-5H2,(H,7,8);1H;1H3. The van der Waals surface area contributed by atoms with Gasteiger partial charge in [0.25, 0.3) is 0 Å². The number of rotatable bonds is 0. The fraction of sp³-hybridized carbons (Fsp3) is 0.833. The molecule has 10 heavy (non-hydrogen) atoms. The summed E-state index contributed by atoms with van der Waals surface area (Å²) in [5.74, 6) is 0.225. The third-order valence-corrected chi connectivity index (χ3v) is 1.40. The Morgan fingerprint density at radius 2 is 1.90 bits per heavy atom. The predicted molar refractivity (Wildman–Crippen MR) is 46.8 cm³/mol. The highest BCUT2D eigenvalue weighted by Crippen LogP contribution is 2.02. The number of hydrogen-bond donors (Lipinski definition) is 2. The van der Waals surface area contributed by atoms with E-state index in [0.717, 1.165) is 25.8 Å². The normalized spacial score (nSPS) is 17.4. The molecule has 4 N–H and O–H groups in total. The summed E-state index contributed by atoms with van der Waals surface area (Å²) in [4.78, 5) is 10.6. The summed E-state index contributed by atoms with van der Waals surface area (Å²) in [6.07, 6.45) is 4.18. The molecule has 1 amide bonds. The van der Waals surface area contributed by atoms with E-state index in [0.29, 0.717) is 0 Å². The lowest BCUT2D eigenvalue weighted by atomic mass is 10.2. The smallest absolute Gasteiger partial charge is 0.219 e. The Labute approximate surface area is 71.9 Å². The van der Waals surface area contributed by atoms with Crippen LogP contribution in [0.25, 0.3) is 0 Å². The predicted octanol–water partition coefficient (Wildman–Crippen LogP) is 1.42. The van der Waals surface area contributed by atoms with Crippen LogP contribution in [0.3, 0.4) is 0 Å². The molecule has 1 saturated heterocycles. The quantitative estimate of drug-likeness (QED) is 0.636. The number of hydrogen-bond acceptors (Lipinski definition) is 2. The highest BCUT2D eigenvalue weighted by atomic mass is 79.9. The molecule has 4 heteroatoms. The largest absolute Gasteiger partial charge is 0.356 e. The van der Waals surface area contributed by atoms with Gasteiger partial charge in [0, 0.05) is 13.0 Å². The van der Waals surface area contributed by atoms with Gasteiger partial charge in [-0.15, -0.1) is 17.0 Å². The zero-order valence-corrected chi connectivity index (χ0v) is 7.77. The highest BCUT2D eigenvalue weighted by Gasteiger charge is 2.03. The van der Waals surface area contributed by atoms with Crippen LogP contribution in [-0.4, -0.2) is 12.5 Å². The van der Waals surface area contributed by atoms with Crippen molar-refractivity contribution in [3.8, 4) is 0 Å². The average Bonchev–Trinajstić information content (AvgIpc) is 1.94. The van der Waals surface area contributed by atoms with E-state index in [1.807, 2.05) is 0 Å². The minimum Gasteiger partial charge on any atom is -0.356 e. The molecule has 0 bridgehead atoms. The molecule has 0 radical (unpaired) electrons. The first-order valence-electron chi connectivity index (χ1n) is 3.16. The fourth-order valence-corrected chi connectivity index (χ4v) is 0.904. The number of carbonyl (C=O) groups is 1. The zero-order chi connectivity index (χ0) is 5.82. The first-order chi connectivity index (χ1) is 3.89. The van der Waals surface area contributed by atoms with Crippen molar-refractivity contribution in [3.05, 3.63) is 0 Å². The molecule has 0 aliphatic carbocycles. The summed E-state index contributed by atoms with van der Waals surface area (Å²) >= 11 is 0.